The molecular formula is C12H28N2O2. The summed E-state index contributed by atoms with van der Waals surface area (Å²) in [6.07, 6.45) is 1.93. The first-order valence-corrected chi connectivity index (χ1v) is 6.23. The minimum Gasteiger partial charge on any atom is -0.395 e. The molecule has 0 radical (unpaired) electrons. The van der Waals surface area contributed by atoms with Crippen molar-refractivity contribution in [2.75, 3.05) is 26.9 Å². The zero-order valence-corrected chi connectivity index (χ0v) is 11.1. The number of ether oxygens (including phenoxy) is 1. The van der Waals surface area contributed by atoms with Crippen molar-refractivity contribution in [3.8, 4) is 0 Å². The molecule has 0 aromatic heterocycles. The summed E-state index contributed by atoms with van der Waals surface area (Å²) in [6.45, 7) is 7.99. The van der Waals surface area contributed by atoms with Crippen molar-refractivity contribution >= 4 is 0 Å². The molecule has 98 valence electrons. The molecule has 4 heteroatoms. The van der Waals surface area contributed by atoms with Gasteiger partial charge in [0.1, 0.15) is 0 Å². The zero-order chi connectivity index (χ0) is 12.6. The van der Waals surface area contributed by atoms with E-state index < -0.39 is 0 Å². The topological polar surface area (TPSA) is 58.7 Å². The van der Waals surface area contributed by atoms with Gasteiger partial charge in [-0.05, 0) is 19.8 Å². The van der Waals surface area contributed by atoms with E-state index in [0.717, 1.165) is 19.4 Å². The van der Waals surface area contributed by atoms with Crippen LogP contribution in [0.3, 0.4) is 0 Å². The number of aliphatic hydroxyl groups excluding tert-OH is 1. The van der Waals surface area contributed by atoms with Crippen LogP contribution in [0, 0.1) is 0 Å². The van der Waals surface area contributed by atoms with Crippen LogP contribution in [0.2, 0.25) is 0 Å². The SMILES string of the molecule is CCC(N)C(CO)N(CCOC)C(C)CC. The van der Waals surface area contributed by atoms with Crippen LogP contribution in [0.15, 0.2) is 0 Å². The molecular weight excluding hydrogens is 204 g/mol. The lowest BCUT2D eigenvalue weighted by molar-refractivity contribution is 0.0454. The predicted molar refractivity (Wildman–Crippen MR) is 67.5 cm³/mol. The summed E-state index contributed by atoms with van der Waals surface area (Å²) in [4.78, 5) is 2.26. The molecule has 3 atom stereocenters. The lowest BCUT2D eigenvalue weighted by Crippen LogP contribution is -2.54. The first kappa shape index (κ1) is 15.8. The summed E-state index contributed by atoms with van der Waals surface area (Å²) < 4.78 is 5.11. The Morgan fingerprint density at radius 1 is 1.31 bits per heavy atom. The Kier molecular flexibility index (Phi) is 8.84. The number of rotatable bonds is 9. The van der Waals surface area contributed by atoms with E-state index in [1.807, 2.05) is 0 Å². The van der Waals surface area contributed by atoms with E-state index in [1.165, 1.54) is 0 Å². The lowest BCUT2D eigenvalue weighted by Gasteiger charge is -2.38. The molecule has 0 aliphatic rings. The minimum absolute atomic E-state index is 0.0239. The molecule has 0 saturated heterocycles. The van der Waals surface area contributed by atoms with Crippen LogP contribution in [-0.2, 0) is 4.74 Å². The van der Waals surface area contributed by atoms with Crippen molar-refractivity contribution in [2.45, 2.75) is 51.7 Å². The predicted octanol–water partition coefficient (Wildman–Crippen LogP) is 0.832. The number of hydrogen-bond donors (Lipinski definition) is 2. The summed E-state index contributed by atoms with van der Waals surface area (Å²) in [5, 5.41) is 9.48. The van der Waals surface area contributed by atoms with E-state index >= 15 is 0 Å². The van der Waals surface area contributed by atoms with Crippen LogP contribution >= 0.6 is 0 Å². The van der Waals surface area contributed by atoms with Crippen molar-refractivity contribution in [3.05, 3.63) is 0 Å². The van der Waals surface area contributed by atoms with E-state index in [2.05, 4.69) is 25.7 Å². The first-order chi connectivity index (χ1) is 7.62. The van der Waals surface area contributed by atoms with Gasteiger partial charge < -0.3 is 15.6 Å². The van der Waals surface area contributed by atoms with Crippen LogP contribution in [0.25, 0.3) is 0 Å². The molecule has 0 aromatic carbocycles. The van der Waals surface area contributed by atoms with Gasteiger partial charge in [-0.2, -0.15) is 0 Å². The number of nitrogens with two attached hydrogens (primary N) is 1. The number of methoxy groups -OCH3 is 1. The van der Waals surface area contributed by atoms with Crippen LogP contribution in [0.5, 0.6) is 0 Å². The summed E-state index contributed by atoms with van der Waals surface area (Å²) in [5.41, 5.74) is 6.05. The third kappa shape index (κ3) is 4.78. The second-order valence-electron chi connectivity index (χ2n) is 4.31. The van der Waals surface area contributed by atoms with Crippen molar-refractivity contribution < 1.29 is 9.84 Å². The minimum atomic E-state index is 0.0239. The molecule has 0 saturated carbocycles. The summed E-state index contributed by atoms with van der Waals surface area (Å²) in [6, 6.07) is 0.482. The van der Waals surface area contributed by atoms with Crippen LogP contribution in [0.4, 0.5) is 0 Å². The zero-order valence-electron chi connectivity index (χ0n) is 11.1. The molecule has 0 aromatic rings. The highest BCUT2D eigenvalue weighted by molar-refractivity contribution is 4.83. The number of aliphatic hydroxyl groups is 1. The number of hydrogen-bond acceptors (Lipinski definition) is 4. The fraction of sp³-hybridized carbons (Fsp3) is 1.00. The van der Waals surface area contributed by atoms with E-state index in [9.17, 15) is 5.11 Å². The van der Waals surface area contributed by atoms with Gasteiger partial charge >= 0.3 is 0 Å². The van der Waals surface area contributed by atoms with Gasteiger partial charge in [0, 0.05) is 31.8 Å². The Balaban J connectivity index is 4.54. The van der Waals surface area contributed by atoms with Gasteiger partial charge in [-0.25, -0.2) is 0 Å². The smallest absolute Gasteiger partial charge is 0.0602 e. The Morgan fingerprint density at radius 2 is 1.94 bits per heavy atom. The van der Waals surface area contributed by atoms with E-state index in [0.29, 0.717) is 12.6 Å². The van der Waals surface area contributed by atoms with Crippen LogP contribution in [-0.4, -0.2) is 55.0 Å². The number of nitrogens with zero attached hydrogens (tertiary/aromatic N) is 1. The summed E-state index contributed by atoms with van der Waals surface area (Å²) in [5.74, 6) is 0. The highest BCUT2D eigenvalue weighted by atomic mass is 16.5. The van der Waals surface area contributed by atoms with Gasteiger partial charge in [0.15, 0.2) is 0 Å². The highest BCUT2D eigenvalue weighted by Crippen LogP contribution is 2.12. The normalized spacial score (nSPS) is 17.4. The van der Waals surface area contributed by atoms with Gasteiger partial charge in [0.2, 0.25) is 0 Å². The highest BCUT2D eigenvalue weighted by Gasteiger charge is 2.26. The molecule has 3 N–H and O–H groups in total. The Bertz CT molecular complexity index is 167. The largest absolute Gasteiger partial charge is 0.395 e. The summed E-state index contributed by atoms with van der Waals surface area (Å²) >= 11 is 0. The third-order valence-electron chi connectivity index (χ3n) is 3.29. The monoisotopic (exact) mass is 232 g/mol. The molecule has 0 aliphatic heterocycles. The second kappa shape index (κ2) is 8.93. The van der Waals surface area contributed by atoms with Crippen LogP contribution in [0.1, 0.15) is 33.6 Å². The van der Waals surface area contributed by atoms with E-state index in [1.54, 1.807) is 7.11 Å². The van der Waals surface area contributed by atoms with Crippen molar-refractivity contribution in [2.24, 2.45) is 5.73 Å². The average molecular weight is 232 g/mol. The van der Waals surface area contributed by atoms with Gasteiger partial charge in [-0.15, -0.1) is 0 Å². The maximum Gasteiger partial charge on any atom is 0.0602 e. The van der Waals surface area contributed by atoms with Crippen molar-refractivity contribution in [1.29, 1.82) is 0 Å². The third-order valence-corrected chi connectivity index (χ3v) is 3.29. The molecule has 0 heterocycles. The fourth-order valence-corrected chi connectivity index (χ4v) is 1.90. The molecule has 0 bridgehead atoms. The first-order valence-electron chi connectivity index (χ1n) is 6.23. The maximum atomic E-state index is 9.48. The van der Waals surface area contributed by atoms with Crippen molar-refractivity contribution in [3.63, 3.8) is 0 Å². The molecule has 0 aliphatic carbocycles. The van der Waals surface area contributed by atoms with Gasteiger partial charge in [-0.3, -0.25) is 4.90 Å². The molecule has 0 fully saturated rings. The fourth-order valence-electron chi connectivity index (χ4n) is 1.90. The van der Waals surface area contributed by atoms with Gasteiger partial charge in [-0.1, -0.05) is 13.8 Å². The Hall–Kier alpha value is -0.160. The molecule has 0 rings (SSSR count). The Labute approximate surface area is 99.8 Å². The maximum absolute atomic E-state index is 9.48. The molecule has 16 heavy (non-hydrogen) atoms. The molecule has 0 spiro atoms. The molecule has 3 unspecified atom stereocenters. The summed E-state index contributed by atoms with van der Waals surface area (Å²) in [7, 11) is 1.70. The van der Waals surface area contributed by atoms with Crippen LogP contribution < -0.4 is 5.73 Å². The second-order valence-corrected chi connectivity index (χ2v) is 4.31. The van der Waals surface area contributed by atoms with Gasteiger partial charge in [0.25, 0.3) is 0 Å². The molecule has 0 amide bonds. The van der Waals surface area contributed by atoms with E-state index in [-0.39, 0.29) is 18.7 Å². The standard InChI is InChI=1S/C12H28N2O2/c1-5-10(3)14(7-8-16-4)12(9-15)11(13)6-2/h10-12,15H,5-9,13H2,1-4H3. The lowest BCUT2D eigenvalue weighted by atomic mass is 10.0. The van der Waals surface area contributed by atoms with Crippen molar-refractivity contribution in [1.82, 2.24) is 4.90 Å². The average Bonchev–Trinajstić information content (AvgIpc) is 2.32. The van der Waals surface area contributed by atoms with E-state index in [4.69, 9.17) is 10.5 Å². The quantitative estimate of drug-likeness (QED) is 0.618. The Morgan fingerprint density at radius 3 is 2.31 bits per heavy atom. The molecule has 4 nitrogen and oxygen atoms in total. The van der Waals surface area contributed by atoms with Gasteiger partial charge in [0.05, 0.1) is 13.2 Å².